The molecule has 1 aromatic carbocycles. The number of aryl methyl sites for hydroxylation is 1. The first-order valence-corrected chi connectivity index (χ1v) is 6.93. The van der Waals surface area contributed by atoms with Crippen LogP contribution >= 0.6 is 0 Å². The number of fused-ring (bicyclic) bond motifs is 1. The summed E-state index contributed by atoms with van der Waals surface area (Å²) in [4.78, 5) is 11.6. The Morgan fingerprint density at radius 1 is 1.38 bits per heavy atom. The van der Waals surface area contributed by atoms with Gasteiger partial charge in [0.15, 0.2) is 5.76 Å². The van der Waals surface area contributed by atoms with Gasteiger partial charge in [-0.1, -0.05) is 12.1 Å². The Balaban J connectivity index is 1.77. The van der Waals surface area contributed by atoms with Gasteiger partial charge in [-0.3, -0.25) is 0 Å². The molecule has 0 bridgehead atoms. The second kappa shape index (κ2) is 5.91. The molecule has 0 spiro atoms. The molecule has 1 aromatic heterocycles. The second-order valence-corrected chi connectivity index (χ2v) is 4.86. The highest BCUT2D eigenvalue weighted by Gasteiger charge is 2.17. The van der Waals surface area contributed by atoms with Gasteiger partial charge in [0.1, 0.15) is 17.9 Å². The monoisotopic (exact) mass is 287 g/mol. The Morgan fingerprint density at radius 2 is 2.29 bits per heavy atom. The van der Waals surface area contributed by atoms with Gasteiger partial charge in [0, 0.05) is 6.54 Å². The Morgan fingerprint density at radius 3 is 3.14 bits per heavy atom. The van der Waals surface area contributed by atoms with Crippen LogP contribution in [0.2, 0.25) is 0 Å². The first-order chi connectivity index (χ1) is 10.3. The highest BCUT2D eigenvalue weighted by Crippen LogP contribution is 2.32. The molecule has 5 nitrogen and oxygen atoms in total. The third kappa shape index (κ3) is 2.72. The van der Waals surface area contributed by atoms with Gasteiger partial charge in [-0.05, 0) is 30.5 Å². The van der Waals surface area contributed by atoms with E-state index in [1.54, 1.807) is 6.07 Å². The van der Waals surface area contributed by atoms with E-state index in [4.69, 9.17) is 13.9 Å². The summed E-state index contributed by atoms with van der Waals surface area (Å²) >= 11 is 0. The van der Waals surface area contributed by atoms with Crippen molar-refractivity contribution in [2.45, 2.75) is 19.4 Å². The van der Waals surface area contributed by atoms with Gasteiger partial charge >= 0.3 is 5.97 Å². The number of furan rings is 1. The molecular formula is C16H17NO4. The molecule has 0 radical (unpaired) electrons. The van der Waals surface area contributed by atoms with Crippen molar-refractivity contribution in [1.29, 1.82) is 0 Å². The van der Waals surface area contributed by atoms with Gasteiger partial charge in [0.2, 0.25) is 0 Å². The average Bonchev–Trinajstić information content (AvgIpc) is 3.00. The molecule has 0 amide bonds. The van der Waals surface area contributed by atoms with Crippen molar-refractivity contribution in [2.24, 2.45) is 0 Å². The topological polar surface area (TPSA) is 60.7 Å². The van der Waals surface area contributed by atoms with E-state index in [2.05, 4.69) is 11.4 Å². The summed E-state index contributed by atoms with van der Waals surface area (Å²) in [6.45, 7) is 1.14. The molecule has 1 aliphatic heterocycles. The molecule has 0 atom stereocenters. The van der Waals surface area contributed by atoms with Crippen LogP contribution < -0.4 is 10.1 Å². The van der Waals surface area contributed by atoms with Crippen LogP contribution in [0.25, 0.3) is 0 Å². The van der Waals surface area contributed by atoms with E-state index >= 15 is 0 Å². The highest BCUT2D eigenvalue weighted by molar-refractivity contribution is 5.90. The van der Waals surface area contributed by atoms with Crippen molar-refractivity contribution in [2.75, 3.05) is 19.0 Å². The summed E-state index contributed by atoms with van der Waals surface area (Å²) in [5.74, 6) is 0.824. The van der Waals surface area contributed by atoms with Crippen LogP contribution in [0.1, 0.15) is 28.1 Å². The van der Waals surface area contributed by atoms with Crippen molar-refractivity contribution in [3.63, 3.8) is 0 Å². The van der Waals surface area contributed by atoms with E-state index in [0.29, 0.717) is 11.3 Å². The van der Waals surface area contributed by atoms with Crippen molar-refractivity contribution in [3.05, 3.63) is 47.4 Å². The molecule has 2 heterocycles. The number of nitrogens with one attached hydrogen (secondary N) is 1. The summed E-state index contributed by atoms with van der Waals surface area (Å²) in [6.07, 6.45) is 3.64. The predicted octanol–water partition coefficient (Wildman–Crippen LogP) is 3.00. The number of carbonyl (C=O) groups is 1. The molecular weight excluding hydrogens is 270 g/mol. The van der Waals surface area contributed by atoms with E-state index in [1.165, 1.54) is 18.9 Å². The summed E-state index contributed by atoms with van der Waals surface area (Å²) in [5, 5.41) is 3.36. The lowest BCUT2D eigenvalue weighted by Gasteiger charge is -2.21. The van der Waals surface area contributed by atoms with E-state index in [-0.39, 0.29) is 6.61 Å². The first-order valence-electron chi connectivity index (χ1n) is 6.93. The van der Waals surface area contributed by atoms with Gasteiger partial charge in [-0.15, -0.1) is 0 Å². The molecule has 0 fully saturated rings. The molecule has 0 unspecified atom stereocenters. The molecule has 1 aliphatic rings. The quantitative estimate of drug-likeness (QED) is 0.876. The molecule has 0 saturated heterocycles. The van der Waals surface area contributed by atoms with Crippen LogP contribution in [0, 0.1) is 0 Å². The van der Waals surface area contributed by atoms with Crippen LogP contribution in [-0.4, -0.2) is 19.6 Å². The normalized spacial score (nSPS) is 13.2. The van der Waals surface area contributed by atoms with Gasteiger partial charge < -0.3 is 19.2 Å². The van der Waals surface area contributed by atoms with Crippen LogP contribution in [-0.2, 0) is 17.8 Å². The molecule has 5 heteroatoms. The first kappa shape index (κ1) is 13.5. The standard InChI is InChI=1S/C16H17NO4/c1-19-16(18)12-7-9-20-14(12)10-21-13-6-2-4-11-5-3-8-17-15(11)13/h2,4,6-7,9,17H,3,5,8,10H2,1H3. The largest absolute Gasteiger partial charge is 0.483 e. The summed E-state index contributed by atoms with van der Waals surface area (Å²) in [6, 6.07) is 7.58. The number of para-hydroxylation sites is 1. The van der Waals surface area contributed by atoms with Gasteiger partial charge in [0.25, 0.3) is 0 Å². The number of carbonyl (C=O) groups excluding carboxylic acids is 1. The van der Waals surface area contributed by atoms with Gasteiger partial charge in [-0.2, -0.15) is 0 Å². The summed E-state index contributed by atoms with van der Waals surface area (Å²) in [5.41, 5.74) is 2.69. The fourth-order valence-corrected chi connectivity index (χ4v) is 2.49. The lowest BCUT2D eigenvalue weighted by atomic mass is 10.0. The Hall–Kier alpha value is -2.43. The van der Waals surface area contributed by atoms with Crippen LogP contribution in [0.5, 0.6) is 5.75 Å². The number of esters is 1. The molecule has 110 valence electrons. The molecule has 0 saturated carbocycles. The zero-order valence-electron chi connectivity index (χ0n) is 11.8. The lowest BCUT2D eigenvalue weighted by Crippen LogP contribution is -2.13. The number of methoxy groups -OCH3 is 1. The molecule has 0 aliphatic carbocycles. The van der Waals surface area contributed by atoms with Crippen LogP contribution in [0.15, 0.2) is 34.9 Å². The minimum atomic E-state index is -0.421. The molecule has 3 rings (SSSR count). The minimum Gasteiger partial charge on any atom is -0.483 e. The molecule has 1 N–H and O–H groups in total. The Bertz CT molecular complexity index is 647. The number of benzene rings is 1. The van der Waals surface area contributed by atoms with Crippen LogP contribution in [0.3, 0.4) is 0 Å². The SMILES string of the molecule is COC(=O)c1ccoc1COc1cccc2c1NCCC2. The minimum absolute atomic E-state index is 0.190. The molecule has 2 aromatic rings. The van der Waals surface area contributed by atoms with Crippen molar-refractivity contribution in [3.8, 4) is 5.75 Å². The predicted molar refractivity (Wildman–Crippen MR) is 77.6 cm³/mol. The van der Waals surface area contributed by atoms with E-state index in [0.717, 1.165) is 30.8 Å². The fourth-order valence-electron chi connectivity index (χ4n) is 2.49. The molecule has 21 heavy (non-hydrogen) atoms. The fraction of sp³-hybridized carbons (Fsp3) is 0.312. The van der Waals surface area contributed by atoms with Crippen LogP contribution in [0.4, 0.5) is 5.69 Å². The number of anilines is 1. The van der Waals surface area contributed by atoms with Crippen molar-refractivity contribution >= 4 is 11.7 Å². The highest BCUT2D eigenvalue weighted by atomic mass is 16.5. The van der Waals surface area contributed by atoms with Crippen molar-refractivity contribution < 1.29 is 18.7 Å². The Kier molecular flexibility index (Phi) is 3.81. The maximum Gasteiger partial charge on any atom is 0.341 e. The average molecular weight is 287 g/mol. The van der Waals surface area contributed by atoms with E-state index in [1.807, 2.05) is 12.1 Å². The van der Waals surface area contributed by atoms with E-state index in [9.17, 15) is 4.79 Å². The number of ether oxygens (including phenoxy) is 2. The zero-order chi connectivity index (χ0) is 14.7. The van der Waals surface area contributed by atoms with E-state index < -0.39 is 5.97 Å². The maximum atomic E-state index is 11.6. The van der Waals surface area contributed by atoms with Gasteiger partial charge in [0.05, 0.1) is 19.1 Å². The summed E-state index contributed by atoms with van der Waals surface area (Å²) < 4.78 is 15.8. The van der Waals surface area contributed by atoms with Gasteiger partial charge in [-0.25, -0.2) is 4.79 Å². The Labute approximate surface area is 122 Å². The maximum absolute atomic E-state index is 11.6. The second-order valence-electron chi connectivity index (χ2n) is 4.86. The number of hydrogen-bond donors (Lipinski definition) is 1. The third-order valence-electron chi connectivity index (χ3n) is 3.55. The number of hydrogen-bond acceptors (Lipinski definition) is 5. The summed E-state index contributed by atoms with van der Waals surface area (Å²) in [7, 11) is 1.34. The zero-order valence-corrected chi connectivity index (χ0v) is 11.8. The van der Waals surface area contributed by atoms with Crippen molar-refractivity contribution in [1.82, 2.24) is 0 Å². The third-order valence-corrected chi connectivity index (χ3v) is 3.55. The lowest BCUT2D eigenvalue weighted by molar-refractivity contribution is 0.0595. The number of rotatable bonds is 4. The smallest absolute Gasteiger partial charge is 0.341 e.